The van der Waals surface area contributed by atoms with Gasteiger partial charge in [0.2, 0.25) is 17.7 Å². The summed E-state index contributed by atoms with van der Waals surface area (Å²) in [6.45, 7) is 0.507. The Kier molecular flexibility index (Phi) is 6.77. The first kappa shape index (κ1) is 24.2. The van der Waals surface area contributed by atoms with Crippen molar-refractivity contribution in [2.24, 2.45) is 0 Å². The predicted molar refractivity (Wildman–Crippen MR) is 119 cm³/mol. The number of hydrazine groups is 1. The molecule has 184 valence electrons. The van der Waals surface area contributed by atoms with E-state index in [0.29, 0.717) is 25.1 Å². The maximum Gasteiger partial charge on any atom is 0.416 e. The lowest BCUT2D eigenvalue weighted by atomic mass is 10.0. The molecule has 2 aliphatic heterocycles. The molecule has 0 aliphatic carbocycles. The summed E-state index contributed by atoms with van der Waals surface area (Å²) in [6.07, 6.45) is -3.37. The molecule has 0 bridgehead atoms. The Labute approximate surface area is 199 Å². The summed E-state index contributed by atoms with van der Waals surface area (Å²) in [5.41, 5.74) is 2.42. The van der Waals surface area contributed by atoms with Crippen molar-refractivity contribution in [3.05, 3.63) is 65.2 Å². The number of hydrogen-bond acceptors (Lipinski definition) is 4. The maximum absolute atomic E-state index is 13.3. The molecule has 0 saturated carbocycles. The summed E-state index contributed by atoms with van der Waals surface area (Å²) >= 11 is 0. The lowest BCUT2D eigenvalue weighted by Crippen LogP contribution is -2.50. The Bertz CT molecular complexity index is 1150. The van der Waals surface area contributed by atoms with Crippen molar-refractivity contribution < 1.29 is 32.3 Å². The van der Waals surface area contributed by atoms with Crippen LogP contribution in [0, 0.1) is 0 Å². The smallest absolute Gasteiger partial charge is 0.343 e. The van der Waals surface area contributed by atoms with Gasteiger partial charge in [-0.15, -0.1) is 0 Å². The SMILES string of the molecule is O=C1CCC(=O)N(c2ccc(C(=O)NC(CN3CCCC3=O)c3cccc(C(F)(F)F)c3)cc2)N1. The molecule has 1 unspecified atom stereocenters. The molecule has 4 rings (SSSR count). The molecule has 2 N–H and O–H groups in total. The second-order valence-electron chi connectivity index (χ2n) is 8.40. The van der Waals surface area contributed by atoms with E-state index in [-0.39, 0.29) is 48.2 Å². The van der Waals surface area contributed by atoms with Gasteiger partial charge in [0.1, 0.15) is 0 Å². The molecule has 1 atom stereocenters. The highest BCUT2D eigenvalue weighted by Crippen LogP contribution is 2.31. The van der Waals surface area contributed by atoms with Crippen molar-refractivity contribution in [1.82, 2.24) is 15.6 Å². The normalized spacial score (nSPS) is 17.4. The Morgan fingerprint density at radius 3 is 2.40 bits per heavy atom. The topological polar surface area (TPSA) is 98.8 Å². The molecule has 4 amide bonds. The van der Waals surface area contributed by atoms with Crippen LogP contribution in [0.5, 0.6) is 0 Å². The molecule has 2 fully saturated rings. The molecule has 0 spiro atoms. The van der Waals surface area contributed by atoms with E-state index in [1.54, 1.807) is 0 Å². The number of benzene rings is 2. The molecular weight excluding hydrogens is 465 g/mol. The summed E-state index contributed by atoms with van der Waals surface area (Å²) in [5.74, 6) is -1.26. The lowest BCUT2D eigenvalue weighted by molar-refractivity contribution is -0.137. The van der Waals surface area contributed by atoms with E-state index in [0.717, 1.165) is 17.1 Å². The number of nitrogens with zero attached hydrogens (tertiary/aromatic N) is 2. The zero-order valence-corrected chi connectivity index (χ0v) is 18.6. The molecule has 8 nitrogen and oxygen atoms in total. The molecule has 2 saturated heterocycles. The van der Waals surface area contributed by atoms with Gasteiger partial charge in [0.05, 0.1) is 17.3 Å². The first-order valence-corrected chi connectivity index (χ1v) is 11.1. The standard InChI is InChI=1S/C24H23F3N4O4/c25-24(26,27)17-4-1-3-16(13-17)19(14-30-12-2-5-21(30)33)28-23(35)15-6-8-18(9-7-15)31-22(34)11-10-20(32)29-31/h1,3-4,6-9,13,19H,2,5,10-12,14H2,(H,28,35)(H,29,32). The third-order valence-corrected chi connectivity index (χ3v) is 5.94. The van der Waals surface area contributed by atoms with Gasteiger partial charge in [-0.1, -0.05) is 12.1 Å². The van der Waals surface area contributed by atoms with E-state index in [1.807, 2.05) is 0 Å². The highest BCUT2D eigenvalue weighted by atomic mass is 19.4. The van der Waals surface area contributed by atoms with Gasteiger partial charge >= 0.3 is 6.18 Å². The van der Waals surface area contributed by atoms with Crippen LogP contribution < -0.4 is 15.8 Å². The average molecular weight is 488 g/mol. The number of carbonyl (C=O) groups is 4. The van der Waals surface area contributed by atoms with Crippen LogP contribution in [0.1, 0.15) is 53.2 Å². The Morgan fingerprint density at radius 1 is 1.00 bits per heavy atom. The minimum atomic E-state index is -4.55. The first-order valence-electron chi connectivity index (χ1n) is 11.1. The molecule has 0 radical (unpaired) electrons. The maximum atomic E-state index is 13.3. The number of alkyl halides is 3. The van der Waals surface area contributed by atoms with Gasteiger partial charge in [0.25, 0.3) is 5.91 Å². The Hall–Kier alpha value is -3.89. The van der Waals surface area contributed by atoms with Crippen molar-refractivity contribution in [2.45, 2.75) is 37.9 Å². The summed E-state index contributed by atoms with van der Waals surface area (Å²) in [6, 6.07) is 9.67. The molecular formula is C24H23F3N4O4. The summed E-state index contributed by atoms with van der Waals surface area (Å²) in [5, 5.41) is 3.85. The van der Waals surface area contributed by atoms with E-state index >= 15 is 0 Å². The van der Waals surface area contributed by atoms with E-state index in [1.165, 1.54) is 41.3 Å². The fourth-order valence-corrected chi connectivity index (χ4v) is 4.07. The fraction of sp³-hybridized carbons (Fsp3) is 0.333. The minimum Gasteiger partial charge on any atom is -0.343 e. The highest BCUT2D eigenvalue weighted by Gasteiger charge is 2.32. The number of hydrogen-bond donors (Lipinski definition) is 2. The minimum absolute atomic E-state index is 0.0400. The van der Waals surface area contributed by atoms with E-state index < -0.39 is 23.7 Å². The summed E-state index contributed by atoms with van der Waals surface area (Å²) < 4.78 is 39.8. The van der Waals surface area contributed by atoms with E-state index in [2.05, 4.69) is 10.7 Å². The predicted octanol–water partition coefficient (Wildman–Crippen LogP) is 2.96. The summed E-state index contributed by atoms with van der Waals surface area (Å²) in [7, 11) is 0. The molecule has 2 aromatic carbocycles. The Balaban J connectivity index is 1.54. The van der Waals surface area contributed by atoms with Crippen LogP contribution in [0.3, 0.4) is 0 Å². The number of amides is 4. The summed E-state index contributed by atoms with van der Waals surface area (Å²) in [4.78, 5) is 50.3. The molecule has 2 heterocycles. The number of nitrogens with one attached hydrogen (secondary N) is 2. The molecule has 35 heavy (non-hydrogen) atoms. The van der Waals surface area contributed by atoms with Crippen molar-refractivity contribution in [2.75, 3.05) is 18.1 Å². The monoisotopic (exact) mass is 488 g/mol. The number of likely N-dealkylation sites (tertiary alicyclic amines) is 1. The van der Waals surface area contributed by atoms with Crippen LogP contribution >= 0.6 is 0 Å². The molecule has 0 aromatic heterocycles. The van der Waals surface area contributed by atoms with Crippen LogP contribution in [0.2, 0.25) is 0 Å². The van der Waals surface area contributed by atoms with Gasteiger partial charge in [-0.25, -0.2) is 5.01 Å². The average Bonchev–Trinajstić information content (AvgIpc) is 3.24. The fourth-order valence-electron chi connectivity index (χ4n) is 4.07. The van der Waals surface area contributed by atoms with Crippen LogP contribution in [-0.2, 0) is 20.6 Å². The number of carbonyl (C=O) groups excluding carboxylic acids is 4. The number of rotatable bonds is 6. The molecule has 2 aromatic rings. The van der Waals surface area contributed by atoms with Gasteiger partial charge in [0, 0.05) is 37.9 Å². The van der Waals surface area contributed by atoms with Crippen LogP contribution in [0.25, 0.3) is 0 Å². The largest absolute Gasteiger partial charge is 0.416 e. The third kappa shape index (κ3) is 5.61. The van der Waals surface area contributed by atoms with Crippen molar-refractivity contribution >= 4 is 29.3 Å². The molecule has 11 heteroatoms. The van der Waals surface area contributed by atoms with Crippen molar-refractivity contribution in [3.8, 4) is 0 Å². The second-order valence-corrected chi connectivity index (χ2v) is 8.40. The van der Waals surface area contributed by atoms with Gasteiger partial charge < -0.3 is 10.2 Å². The quantitative estimate of drug-likeness (QED) is 0.653. The van der Waals surface area contributed by atoms with Crippen LogP contribution in [-0.4, -0.2) is 41.6 Å². The third-order valence-electron chi connectivity index (χ3n) is 5.94. The second kappa shape index (κ2) is 9.77. The van der Waals surface area contributed by atoms with Gasteiger partial charge in [0.15, 0.2) is 0 Å². The van der Waals surface area contributed by atoms with Gasteiger partial charge in [-0.2, -0.15) is 13.2 Å². The van der Waals surface area contributed by atoms with Gasteiger partial charge in [-0.05, 0) is 48.4 Å². The van der Waals surface area contributed by atoms with Crippen molar-refractivity contribution in [1.29, 1.82) is 0 Å². The zero-order chi connectivity index (χ0) is 25.2. The van der Waals surface area contributed by atoms with Crippen molar-refractivity contribution in [3.63, 3.8) is 0 Å². The first-order chi connectivity index (χ1) is 16.6. The van der Waals surface area contributed by atoms with E-state index in [9.17, 15) is 32.3 Å². The number of halogens is 3. The lowest BCUT2D eigenvalue weighted by Gasteiger charge is -2.27. The molecule has 2 aliphatic rings. The highest BCUT2D eigenvalue weighted by molar-refractivity contribution is 6.01. The van der Waals surface area contributed by atoms with Gasteiger partial charge in [-0.3, -0.25) is 24.6 Å². The zero-order valence-electron chi connectivity index (χ0n) is 18.6. The van der Waals surface area contributed by atoms with Crippen LogP contribution in [0.4, 0.5) is 18.9 Å². The Morgan fingerprint density at radius 2 is 1.74 bits per heavy atom. The van der Waals surface area contributed by atoms with Crippen LogP contribution in [0.15, 0.2) is 48.5 Å². The number of anilines is 1. The van der Waals surface area contributed by atoms with E-state index in [4.69, 9.17) is 0 Å².